The molecule has 1 aromatic rings. The van der Waals surface area contributed by atoms with Crippen LogP contribution in [0.25, 0.3) is 0 Å². The fourth-order valence-corrected chi connectivity index (χ4v) is 2.33. The molecule has 1 aromatic carbocycles. The highest BCUT2D eigenvalue weighted by molar-refractivity contribution is 6.31. The van der Waals surface area contributed by atoms with E-state index in [-0.39, 0.29) is 13.0 Å². The fourth-order valence-electron chi connectivity index (χ4n) is 2.22. The number of halogens is 1. The number of hydrogen-bond donors (Lipinski definition) is 2. The molecule has 0 radical (unpaired) electrons. The average molecular weight is 284 g/mol. The number of hydrogen-bond acceptors (Lipinski definition) is 3. The Bertz CT molecular complexity index is 531. The van der Waals surface area contributed by atoms with E-state index in [1.54, 1.807) is 25.1 Å². The number of carbonyl (C=O) groups is 2. The number of β-amino-alcohol motifs (C(OH)–C–C–N with tert-alkyl or cyclic N) is 1. The molecule has 0 saturated carbocycles. The molecule has 1 aliphatic rings. The molecule has 0 bridgehead atoms. The Morgan fingerprint density at radius 1 is 1.42 bits per heavy atom. The van der Waals surface area contributed by atoms with Gasteiger partial charge in [0.05, 0.1) is 6.10 Å². The van der Waals surface area contributed by atoms with Crippen LogP contribution in [-0.2, 0) is 4.79 Å². The highest BCUT2D eigenvalue weighted by atomic mass is 35.5. The molecule has 2 atom stereocenters. The number of rotatable bonds is 2. The molecular weight excluding hydrogens is 270 g/mol. The number of aliphatic hydroxyl groups excluding tert-OH is 1. The first-order chi connectivity index (χ1) is 8.90. The van der Waals surface area contributed by atoms with E-state index in [4.69, 9.17) is 16.7 Å². The van der Waals surface area contributed by atoms with Crippen LogP contribution in [-0.4, -0.2) is 45.7 Å². The van der Waals surface area contributed by atoms with Crippen molar-refractivity contribution in [1.82, 2.24) is 4.90 Å². The largest absolute Gasteiger partial charge is 0.480 e. The lowest BCUT2D eigenvalue weighted by molar-refractivity contribution is -0.141. The third-order valence-electron chi connectivity index (χ3n) is 3.23. The number of aliphatic carboxylic acids is 1. The van der Waals surface area contributed by atoms with E-state index < -0.39 is 24.0 Å². The summed E-state index contributed by atoms with van der Waals surface area (Å²) in [4.78, 5) is 24.6. The molecule has 1 amide bonds. The summed E-state index contributed by atoms with van der Waals surface area (Å²) in [6, 6.07) is 3.81. The van der Waals surface area contributed by atoms with E-state index in [1.165, 1.54) is 4.90 Å². The topological polar surface area (TPSA) is 77.8 Å². The summed E-state index contributed by atoms with van der Waals surface area (Å²) in [6.45, 7) is 1.81. The SMILES string of the molecule is Cc1cc(C(=O)N2C[C@@H](O)C[C@H]2C(=O)O)ccc1Cl. The highest BCUT2D eigenvalue weighted by Gasteiger charge is 2.39. The number of carboxylic acid groups (broad SMARTS) is 1. The number of nitrogens with zero attached hydrogens (tertiary/aromatic N) is 1. The molecule has 0 aromatic heterocycles. The molecule has 2 N–H and O–H groups in total. The van der Waals surface area contributed by atoms with Gasteiger partial charge in [0, 0.05) is 23.6 Å². The second kappa shape index (κ2) is 5.19. The van der Waals surface area contributed by atoms with Crippen LogP contribution in [0.3, 0.4) is 0 Å². The summed E-state index contributed by atoms with van der Waals surface area (Å²) in [5.74, 6) is -1.50. The van der Waals surface area contributed by atoms with Gasteiger partial charge in [-0.15, -0.1) is 0 Å². The number of likely N-dealkylation sites (tertiary alicyclic amines) is 1. The van der Waals surface area contributed by atoms with E-state index in [9.17, 15) is 14.7 Å². The Balaban J connectivity index is 2.27. The van der Waals surface area contributed by atoms with Gasteiger partial charge in [-0.25, -0.2) is 4.79 Å². The van der Waals surface area contributed by atoms with Crippen molar-refractivity contribution in [1.29, 1.82) is 0 Å². The number of aryl methyl sites for hydroxylation is 1. The second-order valence-electron chi connectivity index (χ2n) is 4.67. The number of carboxylic acids is 1. The van der Waals surface area contributed by atoms with Crippen LogP contribution in [0, 0.1) is 6.92 Å². The zero-order chi connectivity index (χ0) is 14.2. The third kappa shape index (κ3) is 2.72. The quantitative estimate of drug-likeness (QED) is 0.858. The van der Waals surface area contributed by atoms with Gasteiger partial charge in [-0.3, -0.25) is 4.79 Å². The van der Waals surface area contributed by atoms with Gasteiger partial charge in [0.1, 0.15) is 6.04 Å². The standard InChI is InChI=1S/C13H14ClNO4/c1-7-4-8(2-3-10(7)14)12(17)15-6-9(16)5-11(15)13(18)19/h2-4,9,11,16H,5-6H2,1H3,(H,18,19)/t9-,11-/m0/s1. The monoisotopic (exact) mass is 283 g/mol. The number of amides is 1. The van der Waals surface area contributed by atoms with Crippen molar-refractivity contribution < 1.29 is 19.8 Å². The van der Waals surface area contributed by atoms with Gasteiger partial charge in [0.2, 0.25) is 0 Å². The van der Waals surface area contributed by atoms with Gasteiger partial charge in [0.15, 0.2) is 0 Å². The molecule has 0 unspecified atom stereocenters. The van der Waals surface area contributed by atoms with Crippen molar-refractivity contribution in [3.63, 3.8) is 0 Å². The molecule has 6 heteroatoms. The smallest absolute Gasteiger partial charge is 0.326 e. The molecule has 1 saturated heterocycles. The number of aliphatic hydroxyl groups is 1. The van der Waals surface area contributed by atoms with Gasteiger partial charge in [-0.2, -0.15) is 0 Å². The fraction of sp³-hybridized carbons (Fsp3) is 0.385. The maximum atomic E-state index is 12.3. The molecule has 0 spiro atoms. The van der Waals surface area contributed by atoms with E-state index >= 15 is 0 Å². The summed E-state index contributed by atoms with van der Waals surface area (Å²) < 4.78 is 0. The summed E-state index contributed by atoms with van der Waals surface area (Å²) in [7, 11) is 0. The molecule has 19 heavy (non-hydrogen) atoms. The van der Waals surface area contributed by atoms with Crippen molar-refractivity contribution in [3.05, 3.63) is 34.3 Å². The molecule has 0 aliphatic carbocycles. The minimum atomic E-state index is -1.10. The van der Waals surface area contributed by atoms with Gasteiger partial charge in [0.25, 0.3) is 5.91 Å². The average Bonchev–Trinajstić information content (AvgIpc) is 2.74. The van der Waals surface area contributed by atoms with Crippen LogP contribution in [0.2, 0.25) is 5.02 Å². The zero-order valence-corrected chi connectivity index (χ0v) is 11.1. The molecule has 1 aliphatic heterocycles. The first-order valence-corrected chi connectivity index (χ1v) is 6.26. The second-order valence-corrected chi connectivity index (χ2v) is 5.07. The van der Waals surface area contributed by atoms with E-state index in [0.29, 0.717) is 10.6 Å². The molecular formula is C13H14ClNO4. The minimum absolute atomic E-state index is 0.0392. The Kier molecular flexibility index (Phi) is 3.78. The van der Waals surface area contributed by atoms with Crippen molar-refractivity contribution in [2.45, 2.75) is 25.5 Å². The van der Waals surface area contributed by atoms with Crippen LogP contribution < -0.4 is 0 Å². The summed E-state index contributed by atoms with van der Waals surface area (Å²) in [6.07, 6.45) is -0.730. The lowest BCUT2D eigenvalue weighted by atomic mass is 10.1. The molecule has 1 fully saturated rings. The minimum Gasteiger partial charge on any atom is -0.480 e. The lowest BCUT2D eigenvalue weighted by Gasteiger charge is -2.21. The Labute approximate surface area is 115 Å². The van der Waals surface area contributed by atoms with Crippen LogP contribution in [0.5, 0.6) is 0 Å². The van der Waals surface area contributed by atoms with Crippen LogP contribution in [0.15, 0.2) is 18.2 Å². The predicted molar refractivity (Wildman–Crippen MR) is 69.3 cm³/mol. The maximum Gasteiger partial charge on any atom is 0.326 e. The Morgan fingerprint density at radius 2 is 2.11 bits per heavy atom. The summed E-state index contributed by atoms with van der Waals surface area (Å²) in [5.41, 5.74) is 1.13. The van der Waals surface area contributed by atoms with Gasteiger partial charge < -0.3 is 15.1 Å². The van der Waals surface area contributed by atoms with Gasteiger partial charge in [-0.05, 0) is 30.7 Å². The first-order valence-electron chi connectivity index (χ1n) is 5.88. The zero-order valence-electron chi connectivity index (χ0n) is 10.3. The van der Waals surface area contributed by atoms with Gasteiger partial charge in [-0.1, -0.05) is 11.6 Å². The van der Waals surface area contributed by atoms with E-state index in [1.807, 2.05) is 0 Å². The van der Waals surface area contributed by atoms with E-state index in [0.717, 1.165) is 5.56 Å². The predicted octanol–water partition coefficient (Wildman–Crippen LogP) is 1.31. The Hall–Kier alpha value is -1.59. The number of benzene rings is 1. The van der Waals surface area contributed by atoms with Crippen molar-refractivity contribution in [3.8, 4) is 0 Å². The number of carbonyl (C=O) groups excluding carboxylic acids is 1. The maximum absolute atomic E-state index is 12.3. The van der Waals surface area contributed by atoms with Crippen LogP contribution in [0.4, 0.5) is 0 Å². The lowest BCUT2D eigenvalue weighted by Crippen LogP contribution is -2.40. The van der Waals surface area contributed by atoms with Crippen LogP contribution in [0.1, 0.15) is 22.3 Å². The summed E-state index contributed by atoms with van der Waals surface area (Å²) >= 11 is 5.89. The third-order valence-corrected chi connectivity index (χ3v) is 3.65. The van der Waals surface area contributed by atoms with Crippen molar-refractivity contribution >= 4 is 23.5 Å². The first kappa shape index (κ1) is 13.8. The van der Waals surface area contributed by atoms with Gasteiger partial charge >= 0.3 is 5.97 Å². The van der Waals surface area contributed by atoms with E-state index in [2.05, 4.69) is 0 Å². The normalized spacial score (nSPS) is 22.6. The molecule has 2 rings (SSSR count). The highest BCUT2D eigenvalue weighted by Crippen LogP contribution is 2.23. The summed E-state index contributed by atoms with van der Waals surface area (Å²) in [5, 5.41) is 19.2. The van der Waals surface area contributed by atoms with Crippen molar-refractivity contribution in [2.24, 2.45) is 0 Å². The molecule has 102 valence electrons. The Morgan fingerprint density at radius 3 is 2.68 bits per heavy atom. The molecule has 5 nitrogen and oxygen atoms in total. The molecule has 1 heterocycles. The van der Waals surface area contributed by atoms with Crippen LogP contribution >= 0.6 is 11.6 Å². The van der Waals surface area contributed by atoms with Crippen molar-refractivity contribution in [2.75, 3.05) is 6.54 Å².